The topological polar surface area (TPSA) is 17.1 Å². The first-order chi connectivity index (χ1) is 5.15. The van der Waals surface area contributed by atoms with Crippen molar-refractivity contribution in [2.24, 2.45) is 0 Å². The fourth-order valence-electron chi connectivity index (χ4n) is 0.789. The second-order valence-corrected chi connectivity index (χ2v) is 3.50. The maximum atomic E-state index is 10.4. The number of hydrogen-bond donors (Lipinski definition) is 0. The van der Waals surface area contributed by atoms with Crippen LogP contribution in [0, 0.1) is 6.92 Å². The average molecular weight is 233 g/mol. The minimum Gasteiger partial charge on any atom is -0.298 e. The first-order valence-corrected chi connectivity index (χ1v) is 4.23. The van der Waals surface area contributed by atoms with Crippen molar-refractivity contribution >= 4 is 33.8 Å². The van der Waals surface area contributed by atoms with Gasteiger partial charge in [0.1, 0.15) is 6.29 Å². The minimum atomic E-state index is 0.567. The van der Waals surface area contributed by atoms with E-state index < -0.39 is 0 Å². The predicted molar refractivity (Wildman–Crippen MR) is 49.3 cm³/mol. The molecule has 1 aromatic carbocycles. The monoisotopic (exact) mass is 232 g/mol. The van der Waals surface area contributed by atoms with Gasteiger partial charge in [-0.25, -0.2) is 0 Å². The Morgan fingerprint density at radius 2 is 2.18 bits per heavy atom. The van der Waals surface area contributed by atoms with Crippen LogP contribution in [0.5, 0.6) is 0 Å². The van der Waals surface area contributed by atoms with Crippen LogP contribution in [0.15, 0.2) is 16.6 Å². The minimum absolute atomic E-state index is 0.567. The van der Waals surface area contributed by atoms with Crippen LogP contribution in [0.3, 0.4) is 0 Å². The van der Waals surface area contributed by atoms with Gasteiger partial charge in [0.15, 0.2) is 0 Å². The van der Waals surface area contributed by atoms with Crippen LogP contribution in [0.2, 0.25) is 5.02 Å². The molecule has 3 heteroatoms. The van der Waals surface area contributed by atoms with Gasteiger partial charge in [0.05, 0.1) is 5.02 Å². The Balaban J connectivity index is 3.31. The van der Waals surface area contributed by atoms with Crippen LogP contribution < -0.4 is 0 Å². The molecule has 0 saturated heterocycles. The lowest BCUT2D eigenvalue weighted by molar-refractivity contribution is 0.112. The molecule has 0 aliphatic rings. The predicted octanol–water partition coefficient (Wildman–Crippen LogP) is 3.22. The van der Waals surface area contributed by atoms with Crippen LogP contribution in [-0.4, -0.2) is 6.29 Å². The average Bonchev–Trinajstić information content (AvgIpc) is 1.97. The largest absolute Gasteiger partial charge is 0.298 e. The van der Waals surface area contributed by atoms with Crippen molar-refractivity contribution in [3.63, 3.8) is 0 Å². The molecule has 0 N–H and O–H groups in total. The maximum absolute atomic E-state index is 10.4. The highest BCUT2D eigenvalue weighted by atomic mass is 79.9. The van der Waals surface area contributed by atoms with Crippen molar-refractivity contribution in [2.45, 2.75) is 6.92 Å². The van der Waals surface area contributed by atoms with Gasteiger partial charge in [-0.05, 0) is 40.5 Å². The van der Waals surface area contributed by atoms with Crippen LogP contribution >= 0.6 is 27.5 Å². The first kappa shape index (κ1) is 8.75. The Kier molecular flexibility index (Phi) is 2.68. The molecule has 0 aliphatic heterocycles. The molecule has 0 radical (unpaired) electrons. The van der Waals surface area contributed by atoms with E-state index >= 15 is 0 Å². The van der Waals surface area contributed by atoms with E-state index in [-0.39, 0.29) is 0 Å². The normalized spacial score (nSPS) is 9.73. The third kappa shape index (κ3) is 1.82. The van der Waals surface area contributed by atoms with Crippen molar-refractivity contribution in [1.82, 2.24) is 0 Å². The fraction of sp³-hybridized carbons (Fsp3) is 0.125. The molecule has 0 aromatic heterocycles. The summed E-state index contributed by atoms with van der Waals surface area (Å²) in [6, 6.07) is 3.47. The Hall–Kier alpha value is -0.340. The Morgan fingerprint density at radius 1 is 1.55 bits per heavy atom. The van der Waals surface area contributed by atoms with E-state index in [1.165, 1.54) is 0 Å². The number of hydrogen-bond acceptors (Lipinski definition) is 1. The maximum Gasteiger partial charge on any atom is 0.150 e. The highest BCUT2D eigenvalue weighted by Crippen LogP contribution is 2.25. The van der Waals surface area contributed by atoms with Gasteiger partial charge >= 0.3 is 0 Å². The third-order valence-corrected chi connectivity index (χ3v) is 2.63. The molecule has 1 rings (SSSR count). The second-order valence-electron chi connectivity index (χ2n) is 2.24. The van der Waals surface area contributed by atoms with Gasteiger partial charge in [-0.3, -0.25) is 4.79 Å². The molecule has 0 spiro atoms. The Morgan fingerprint density at radius 3 is 2.73 bits per heavy atom. The van der Waals surface area contributed by atoms with Gasteiger partial charge < -0.3 is 0 Å². The molecule has 0 amide bonds. The highest BCUT2D eigenvalue weighted by molar-refractivity contribution is 9.10. The standard InChI is InChI=1S/C8H6BrClO/c1-5-2-7(9)8(10)3-6(5)4-11/h2-4H,1H3. The number of aryl methyl sites for hydroxylation is 1. The van der Waals surface area contributed by atoms with Gasteiger partial charge in [-0.1, -0.05) is 11.6 Å². The second kappa shape index (κ2) is 3.37. The molecule has 0 unspecified atom stereocenters. The SMILES string of the molecule is Cc1cc(Br)c(Cl)cc1C=O. The lowest BCUT2D eigenvalue weighted by Crippen LogP contribution is -1.85. The number of aldehydes is 1. The quantitative estimate of drug-likeness (QED) is 0.681. The van der Waals surface area contributed by atoms with Crippen molar-refractivity contribution in [3.8, 4) is 0 Å². The molecule has 0 bridgehead atoms. The van der Waals surface area contributed by atoms with Crippen molar-refractivity contribution in [1.29, 1.82) is 0 Å². The number of benzene rings is 1. The molecule has 0 saturated carbocycles. The highest BCUT2D eigenvalue weighted by Gasteiger charge is 2.01. The van der Waals surface area contributed by atoms with Gasteiger partial charge in [0.25, 0.3) is 0 Å². The number of carbonyl (C=O) groups excluding carboxylic acids is 1. The van der Waals surface area contributed by atoms with Crippen LogP contribution in [-0.2, 0) is 0 Å². The summed E-state index contributed by atoms with van der Waals surface area (Å²) < 4.78 is 0.822. The summed E-state index contributed by atoms with van der Waals surface area (Å²) in [6.45, 7) is 1.87. The summed E-state index contributed by atoms with van der Waals surface area (Å²) in [6.07, 6.45) is 0.799. The fourth-order valence-corrected chi connectivity index (χ4v) is 1.42. The van der Waals surface area contributed by atoms with E-state index in [1.807, 2.05) is 13.0 Å². The summed E-state index contributed by atoms with van der Waals surface area (Å²) in [5.41, 5.74) is 1.56. The van der Waals surface area contributed by atoms with E-state index in [0.29, 0.717) is 10.6 Å². The van der Waals surface area contributed by atoms with Gasteiger partial charge in [-0.15, -0.1) is 0 Å². The zero-order valence-corrected chi connectivity index (χ0v) is 8.24. The smallest absolute Gasteiger partial charge is 0.150 e. The van der Waals surface area contributed by atoms with E-state index in [0.717, 1.165) is 16.3 Å². The van der Waals surface area contributed by atoms with Crippen LogP contribution in [0.1, 0.15) is 15.9 Å². The van der Waals surface area contributed by atoms with E-state index in [4.69, 9.17) is 11.6 Å². The summed E-state index contributed by atoms with van der Waals surface area (Å²) in [5, 5.41) is 0.567. The van der Waals surface area contributed by atoms with Crippen molar-refractivity contribution < 1.29 is 4.79 Å². The van der Waals surface area contributed by atoms with Crippen LogP contribution in [0.4, 0.5) is 0 Å². The Labute approximate surface area is 78.5 Å². The number of halogens is 2. The summed E-state index contributed by atoms with van der Waals surface area (Å²) >= 11 is 9.02. The molecule has 58 valence electrons. The summed E-state index contributed by atoms with van der Waals surface area (Å²) in [4.78, 5) is 10.4. The molecule has 1 aromatic rings. The van der Waals surface area contributed by atoms with Gasteiger partial charge in [0.2, 0.25) is 0 Å². The molecule has 0 fully saturated rings. The Bertz CT molecular complexity index is 296. The van der Waals surface area contributed by atoms with Gasteiger partial charge in [0, 0.05) is 10.0 Å². The van der Waals surface area contributed by atoms with E-state index in [9.17, 15) is 4.79 Å². The van der Waals surface area contributed by atoms with E-state index in [2.05, 4.69) is 15.9 Å². The van der Waals surface area contributed by atoms with Crippen LogP contribution in [0.25, 0.3) is 0 Å². The van der Waals surface area contributed by atoms with E-state index in [1.54, 1.807) is 6.07 Å². The molecule has 0 atom stereocenters. The molecular weight excluding hydrogens is 227 g/mol. The molecule has 1 nitrogen and oxygen atoms in total. The summed E-state index contributed by atoms with van der Waals surface area (Å²) in [7, 11) is 0. The zero-order chi connectivity index (χ0) is 8.43. The number of carbonyl (C=O) groups is 1. The first-order valence-electron chi connectivity index (χ1n) is 3.06. The van der Waals surface area contributed by atoms with Crippen molar-refractivity contribution in [2.75, 3.05) is 0 Å². The third-order valence-electron chi connectivity index (χ3n) is 1.44. The number of rotatable bonds is 1. The molecular formula is C8H6BrClO. The zero-order valence-electron chi connectivity index (χ0n) is 5.90. The summed E-state index contributed by atoms with van der Waals surface area (Å²) in [5.74, 6) is 0. The lowest BCUT2D eigenvalue weighted by atomic mass is 10.1. The molecule has 11 heavy (non-hydrogen) atoms. The molecule has 0 aliphatic carbocycles. The van der Waals surface area contributed by atoms with Crippen molar-refractivity contribution in [3.05, 3.63) is 32.8 Å². The molecule has 0 heterocycles. The lowest BCUT2D eigenvalue weighted by Gasteiger charge is -2.00. The van der Waals surface area contributed by atoms with Gasteiger partial charge in [-0.2, -0.15) is 0 Å².